The third-order valence-corrected chi connectivity index (χ3v) is 2.19. The molecule has 2 heterocycles. The highest BCUT2D eigenvalue weighted by molar-refractivity contribution is 5.93. The Labute approximate surface area is 91.4 Å². The molecule has 0 atom stereocenters. The van der Waals surface area contributed by atoms with E-state index in [1.165, 1.54) is 7.11 Å². The molecule has 7 nitrogen and oxygen atoms in total. The van der Waals surface area contributed by atoms with Gasteiger partial charge in [0.1, 0.15) is 5.69 Å². The second kappa shape index (κ2) is 4.13. The summed E-state index contributed by atoms with van der Waals surface area (Å²) in [4.78, 5) is 11.4. The molecule has 0 aliphatic carbocycles. The average Bonchev–Trinajstić information content (AvgIpc) is 2.94. The van der Waals surface area contributed by atoms with Gasteiger partial charge in [-0.1, -0.05) is 0 Å². The molecule has 0 bridgehead atoms. The highest BCUT2D eigenvalue weighted by Crippen LogP contribution is 2.19. The van der Waals surface area contributed by atoms with Crippen molar-refractivity contribution in [2.24, 2.45) is 0 Å². The predicted molar refractivity (Wildman–Crippen MR) is 54.6 cm³/mol. The second-order valence-corrected chi connectivity index (χ2v) is 3.04. The minimum Gasteiger partial charge on any atom is -0.464 e. The number of methoxy groups -OCH3 is 1. The zero-order valence-electron chi connectivity index (χ0n) is 8.97. The first kappa shape index (κ1) is 10.3. The number of hydrogen-bond donors (Lipinski definition) is 1. The molecular weight excluding hydrogens is 210 g/mol. The molecule has 0 unspecified atom stereocenters. The number of nitrogens with zero attached hydrogens (tertiary/aromatic N) is 4. The Bertz CT molecular complexity index is 501. The van der Waals surface area contributed by atoms with Gasteiger partial charge in [-0.3, -0.25) is 4.68 Å². The van der Waals surface area contributed by atoms with Crippen LogP contribution in [0.3, 0.4) is 0 Å². The van der Waals surface area contributed by atoms with Crippen molar-refractivity contribution in [3.05, 3.63) is 18.0 Å². The zero-order valence-corrected chi connectivity index (χ0v) is 8.97. The lowest BCUT2D eigenvalue weighted by molar-refractivity contribution is 0.0595. The van der Waals surface area contributed by atoms with Crippen LogP contribution in [0.5, 0.6) is 0 Å². The molecule has 7 heteroatoms. The Balaban J connectivity index is 2.48. The highest BCUT2D eigenvalue weighted by Gasteiger charge is 2.20. The largest absolute Gasteiger partial charge is 0.464 e. The van der Waals surface area contributed by atoms with Crippen molar-refractivity contribution in [3.63, 3.8) is 0 Å². The molecule has 0 aliphatic rings. The van der Waals surface area contributed by atoms with E-state index in [-0.39, 0.29) is 5.69 Å². The molecule has 16 heavy (non-hydrogen) atoms. The summed E-state index contributed by atoms with van der Waals surface area (Å²) >= 11 is 0. The molecule has 0 aromatic carbocycles. The smallest absolute Gasteiger partial charge is 0.360 e. The molecule has 0 spiro atoms. The third-order valence-electron chi connectivity index (χ3n) is 2.19. The van der Waals surface area contributed by atoms with E-state index in [0.717, 1.165) is 5.69 Å². The quantitative estimate of drug-likeness (QED) is 0.761. The van der Waals surface area contributed by atoms with Gasteiger partial charge in [0.15, 0.2) is 5.69 Å². The van der Waals surface area contributed by atoms with Gasteiger partial charge in [0.05, 0.1) is 12.8 Å². The first-order valence-corrected chi connectivity index (χ1v) is 4.79. The van der Waals surface area contributed by atoms with Gasteiger partial charge in [-0.05, 0) is 13.0 Å². The van der Waals surface area contributed by atoms with Gasteiger partial charge in [-0.25, -0.2) is 4.79 Å². The number of aryl methyl sites for hydroxylation is 1. The standard InChI is InChI=1S/C9H11N5O2/c1-3-14-6(4-5-10-14)7-8(9(15)16-2)12-13-11-7/h4-5H,3H2,1-2H3,(H,11,12,13). The lowest BCUT2D eigenvalue weighted by Gasteiger charge is -2.02. The molecule has 0 fully saturated rings. The molecule has 84 valence electrons. The summed E-state index contributed by atoms with van der Waals surface area (Å²) < 4.78 is 6.34. The number of H-pyrrole nitrogens is 1. The maximum atomic E-state index is 11.4. The van der Waals surface area contributed by atoms with Gasteiger partial charge < -0.3 is 4.74 Å². The SMILES string of the molecule is CCn1nccc1-c1n[nH]nc1C(=O)OC. The van der Waals surface area contributed by atoms with Gasteiger partial charge >= 0.3 is 5.97 Å². The number of hydrogen-bond acceptors (Lipinski definition) is 5. The predicted octanol–water partition coefficient (Wildman–Crippen LogP) is 0.475. The molecule has 0 radical (unpaired) electrons. The van der Waals surface area contributed by atoms with E-state index in [9.17, 15) is 4.79 Å². The van der Waals surface area contributed by atoms with E-state index in [0.29, 0.717) is 12.2 Å². The third kappa shape index (κ3) is 1.56. The van der Waals surface area contributed by atoms with Crippen LogP contribution in [0.4, 0.5) is 0 Å². The van der Waals surface area contributed by atoms with Crippen LogP contribution in [0.2, 0.25) is 0 Å². The van der Waals surface area contributed by atoms with Crippen molar-refractivity contribution in [3.8, 4) is 11.4 Å². The summed E-state index contributed by atoms with van der Waals surface area (Å²) in [5, 5.41) is 14.2. The number of carbonyl (C=O) groups excluding carboxylic acids is 1. The molecule has 1 N–H and O–H groups in total. The van der Waals surface area contributed by atoms with Crippen molar-refractivity contribution >= 4 is 5.97 Å². The molecule has 0 saturated carbocycles. The average molecular weight is 221 g/mol. The minimum absolute atomic E-state index is 0.165. The molecular formula is C9H11N5O2. The lowest BCUT2D eigenvalue weighted by Crippen LogP contribution is -2.06. The fourth-order valence-corrected chi connectivity index (χ4v) is 1.43. The maximum Gasteiger partial charge on any atom is 0.360 e. The number of aromatic nitrogens is 5. The van der Waals surface area contributed by atoms with Crippen molar-refractivity contribution in [1.29, 1.82) is 0 Å². The van der Waals surface area contributed by atoms with Crippen LogP contribution in [0, 0.1) is 0 Å². The summed E-state index contributed by atoms with van der Waals surface area (Å²) in [6.45, 7) is 2.64. The van der Waals surface area contributed by atoms with Crippen LogP contribution in [0.1, 0.15) is 17.4 Å². The normalized spacial score (nSPS) is 10.4. The number of aromatic amines is 1. The fourth-order valence-electron chi connectivity index (χ4n) is 1.43. The highest BCUT2D eigenvalue weighted by atomic mass is 16.5. The van der Waals surface area contributed by atoms with E-state index >= 15 is 0 Å². The van der Waals surface area contributed by atoms with Crippen molar-refractivity contribution in [2.75, 3.05) is 7.11 Å². The first-order valence-electron chi connectivity index (χ1n) is 4.79. The number of carbonyl (C=O) groups is 1. The molecule has 0 aliphatic heterocycles. The topological polar surface area (TPSA) is 85.7 Å². The van der Waals surface area contributed by atoms with E-state index in [2.05, 4.69) is 25.2 Å². The van der Waals surface area contributed by atoms with Crippen molar-refractivity contribution in [2.45, 2.75) is 13.5 Å². The van der Waals surface area contributed by atoms with Gasteiger partial charge in [-0.2, -0.15) is 15.4 Å². The van der Waals surface area contributed by atoms with Crippen LogP contribution in [0.25, 0.3) is 11.4 Å². The Hall–Kier alpha value is -2.18. The monoisotopic (exact) mass is 221 g/mol. The summed E-state index contributed by atoms with van der Waals surface area (Å²) in [6.07, 6.45) is 1.65. The van der Waals surface area contributed by atoms with Gasteiger partial charge in [-0.15, -0.1) is 5.10 Å². The van der Waals surface area contributed by atoms with Crippen LogP contribution in [-0.2, 0) is 11.3 Å². The number of esters is 1. The van der Waals surface area contributed by atoms with Crippen LogP contribution >= 0.6 is 0 Å². The van der Waals surface area contributed by atoms with Crippen molar-refractivity contribution in [1.82, 2.24) is 25.2 Å². The maximum absolute atomic E-state index is 11.4. The Morgan fingerprint density at radius 1 is 1.56 bits per heavy atom. The van der Waals surface area contributed by atoms with E-state index in [1.54, 1.807) is 16.9 Å². The van der Waals surface area contributed by atoms with Gasteiger partial charge in [0.2, 0.25) is 0 Å². The van der Waals surface area contributed by atoms with Crippen LogP contribution < -0.4 is 0 Å². The number of ether oxygens (including phenoxy) is 1. The van der Waals surface area contributed by atoms with Gasteiger partial charge in [0, 0.05) is 12.7 Å². The molecule has 0 saturated heterocycles. The van der Waals surface area contributed by atoms with Crippen LogP contribution in [0.15, 0.2) is 12.3 Å². The fraction of sp³-hybridized carbons (Fsp3) is 0.333. The van der Waals surface area contributed by atoms with Crippen molar-refractivity contribution < 1.29 is 9.53 Å². The summed E-state index contributed by atoms with van der Waals surface area (Å²) in [7, 11) is 1.30. The summed E-state index contributed by atoms with van der Waals surface area (Å²) in [5.41, 5.74) is 1.35. The Morgan fingerprint density at radius 3 is 3.06 bits per heavy atom. The summed E-state index contributed by atoms with van der Waals surface area (Å²) in [5.74, 6) is -0.521. The Morgan fingerprint density at radius 2 is 2.38 bits per heavy atom. The summed E-state index contributed by atoms with van der Waals surface area (Å²) in [6, 6.07) is 1.77. The first-order chi connectivity index (χ1) is 7.77. The van der Waals surface area contributed by atoms with E-state index < -0.39 is 5.97 Å². The zero-order chi connectivity index (χ0) is 11.5. The molecule has 2 aromatic heterocycles. The van der Waals surface area contributed by atoms with E-state index in [1.807, 2.05) is 6.92 Å². The number of nitrogens with one attached hydrogen (secondary N) is 1. The molecule has 2 aromatic rings. The lowest BCUT2D eigenvalue weighted by atomic mass is 10.2. The second-order valence-electron chi connectivity index (χ2n) is 3.04. The van der Waals surface area contributed by atoms with Gasteiger partial charge in [0.25, 0.3) is 0 Å². The number of rotatable bonds is 3. The molecule has 0 amide bonds. The molecule has 2 rings (SSSR count). The Kier molecular flexibility index (Phi) is 2.67. The van der Waals surface area contributed by atoms with Crippen LogP contribution in [-0.4, -0.2) is 38.3 Å². The van der Waals surface area contributed by atoms with E-state index in [4.69, 9.17) is 0 Å². The minimum atomic E-state index is -0.521.